The fraction of sp³-hybridized carbons (Fsp3) is 0.455. The summed E-state index contributed by atoms with van der Waals surface area (Å²) in [5.41, 5.74) is 4.03. The molecule has 0 aromatic carbocycles. The maximum Gasteiger partial charge on any atom is 0.158 e. The Hall–Kier alpha value is -1.60. The first kappa shape index (κ1) is 9.94. The third kappa shape index (κ3) is 1.92. The molecule has 4 heteroatoms. The average molecular weight is 202 g/mol. The first-order valence-corrected chi connectivity index (χ1v) is 5.23. The van der Waals surface area contributed by atoms with E-state index >= 15 is 0 Å². The Balaban J connectivity index is 2.30. The number of hydrogen-bond donors (Lipinski definition) is 2. The minimum atomic E-state index is 0.488. The van der Waals surface area contributed by atoms with Crippen LogP contribution in [0.5, 0.6) is 0 Å². The predicted molar refractivity (Wildman–Crippen MR) is 58.0 cm³/mol. The van der Waals surface area contributed by atoms with Crippen molar-refractivity contribution in [3.63, 3.8) is 0 Å². The van der Waals surface area contributed by atoms with Gasteiger partial charge in [0.25, 0.3) is 0 Å². The molecule has 1 aromatic heterocycles. The molecule has 3 N–H and O–H groups in total. The van der Waals surface area contributed by atoms with Gasteiger partial charge in [-0.2, -0.15) is 5.26 Å². The smallest absolute Gasteiger partial charge is 0.158 e. The van der Waals surface area contributed by atoms with Crippen LogP contribution in [0.15, 0.2) is 12.1 Å². The molecule has 0 atom stereocenters. The number of rotatable bonds is 2. The molecule has 0 unspecified atom stereocenters. The standard InChI is InChI=1S/C11H14N4/c12-7-9-5-6-10(14-11(9)15-13)8-3-1-2-4-8/h5-6,8H,1-4,13H2,(H,14,15). The Bertz CT molecular complexity index is 388. The number of nitrogen functional groups attached to an aromatic ring is 1. The summed E-state index contributed by atoms with van der Waals surface area (Å²) < 4.78 is 0. The topological polar surface area (TPSA) is 74.7 Å². The molecule has 1 saturated carbocycles. The van der Waals surface area contributed by atoms with Gasteiger partial charge in [0, 0.05) is 11.6 Å². The monoisotopic (exact) mass is 202 g/mol. The number of nitrogens with two attached hydrogens (primary N) is 1. The van der Waals surface area contributed by atoms with Crippen molar-refractivity contribution in [1.29, 1.82) is 5.26 Å². The van der Waals surface area contributed by atoms with E-state index in [1.807, 2.05) is 6.07 Å². The number of nitriles is 1. The minimum absolute atomic E-state index is 0.488. The quantitative estimate of drug-likeness (QED) is 0.567. The SMILES string of the molecule is N#Cc1ccc(C2CCCC2)nc1NN. The first-order chi connectivity index (χ1) is 7.35. The van der Waals surface area contributed by atoms with Gasteiger partial charge in [-0.1, -0.05) is 12.8 Å². The number of hydrogen-bond acceptors (Lipinski definition) is 4. The van der Waals surface area contributed by atoms with Crippen molar-refractivity contribution >= 4 is 5.82 Å². The van der Waals surface area contributed by atoms with Gasteiger partial charge in [0.05, 0.1) is 5.56 Å². The number of nitrogens with one attached hydrogen (secondary N) is 1. The lowest BCUT2D eigenvalue weighted by molar-refractivity contribution is 0.698. The summed E-state index contributed by atoms with van der Waals surface area (Å²) >= 11 is 0. The molecule has 1 aliphatic carbocycles. The summed E-state index contributed by atoms with van der Waals surface area (Å²) in [7, 11) is 0. The van der Waals surface area contributed by atoms with E-state index in [2.05, 4.69) is 16.5 Å². The van der Waals surface area contributed by atoms with Crippen LogP contribution in [0.3, 0.4) is 0 Å². The second-order valence-electron chi connectivity index (χ2n) is 3.87. The van der Waals surface area contributed by atoms with E-state index in [4.69, 9.17) is 11.1 Å². The van der Waals surface area contributed by atoms with Crippen LogP contribution >= 0.6 is 0 Å². The number of nitrogens with zero attached hydrogens (tertiary/aromatic N) is 2. The average Bonchev–Trinajstić information content (AvgIpc) is 2.81. The molecule has 0 radical (unpaired) electrons. The van der Waals surface area contributed by atoms with Crippen molar-refractivity contribution in [1.82, 2.24) is 4.98 Å². The molecular weight excluding hydrogens is 188 g/mol. The van der Waals surface area contributed by atoms with Crippen LogP contribution in [-0.4, -0.2) is 4.98 Å². The molecule has 0 bridgehead atoms. The van der Waals surface area contributed by atoms with Crippen molar-refractivity contribution in [3.05, 3.63) is 23.4 Å². The van der Waals surface area contributed by atoms with Crippen LogP contribution in [0.4, 0.5) is 5.82 Å². The highest BCUT2D eigenvalue weighted by Gasteiger charge is 2.19. The van der Waals surface area contributed by atoms with E-state index in [9.17, 15) is 0 Å². The van der Waals surface area contributed by atoms with E-state index in [-0.39, 0.29) is 0 Å². The zero-order chi connectivity index (χ0) is 10.7. The highest BCUT2D eigenvalue weighted by atomic mass is 15.2. The Kier molecular flexibility index (Phi) is 2.84. The van der Waals surface area contributed by atoms with Crippen LogP contribution in [-0.2, 0) is 0 Å². The predicted octanol–water partition coefficient (Wildman–Crippen LogP) is 1.90. The van der Waals surface area contributed by atoms with Crippen LogP contribution < -0.4 is 11.3 Å². The lowest BCUT2D eigenvalue weighted by Crippen LogP contribution is -2.12. The van der Waals surface area contributed by atoms with E-state index in [0.29, 0.717) is 17.3 Å². The van der Waals surface area contributed by atoms with Crippen molar-refractivity contribution in [3.8, 4) is 6.07 Å². The van der Waals surface area contributed by atoms with Crippen LogP contribution in [0.1, 0.15) is 42.9 Å². The van der Waals surface area contributed by atoms with E-state index in [1.165, 1.54) is 25.7 Å². The molecule has 0 aliphatic heterocycles. The maximum absolute atomic E-state index is 8.82. The third-order valence-electron chi connectivity index (χ3n) is 2.95. The number of pyridine rings is 1. The molecule has 1 fully saturated rings. The van der Waals surface area contributed by atoms with Crippen molar-refractivity contribution in [2.45, 2.75) is 31.6 Å². The Labute approximate surface area is 89.1 Å². The Morgan fingerprint density at radius 3 is 2.73 bits per heavy atom. The van der Waals surface area contributed by atoms with Crippen molar-refractivity contribution in [2.75, 3.05) is 5.43 Å². The summed E-state index contributed by atoms with van der Waals surface area (Å²) in [6, 6.07) is 5.79. The highest BCUT2D eigenvalue weighted by Crippen LogP contribution is 2.33. The Morgan fingerprint density at radius 2 is 2.13 bits per heavy atom. The van der Waals surface area contributed by atoms with Gasteiger partial charge in [0.15, 0.2) is 5.82 Å². The van der Waals surface area contributed by atoms with Gasteiger partial charge >= 0.3 is 0 Å². The molecule has 1 heterocycles. The van der Waals surface area contributed by atoms with Gasteiger partial charge in [-0.15, -0.1) is 0 Å². The fourth-order valence-electron chi connectivity index (χ4n) is 2.12. The molecular formula is C11H14N4. The molecule has 1 aromatic rings. The van der Waals surface area contributed by atoms with E-state index < -0.39 is 0 Å². The molecule has 1 aliphatic rings. The molecule has 78 valence electrons. The highest BCUT2D eigenvalue weighted by molar-refractivity contribution is 5.51. The van der Waals surface area contributed by atoms with Crippen molar-refractivity contribution < 1.29 is 0 Å². The zero-order valence-electron chi connectivity index (χ0n) is 8.53. The Morgan fingerprint density at radius 1 is 1.40 bits per heavy atom. The maximum atomic E-state index is 8.82. The molecule has 0 amide bonds. The second-order valence-corrected chi connectivity index (χ2v) is 3.87. The normalized spacial score (nSPS) is 16.3. The third-order valence-corrected chi connectivity index (χ3v) is 2.95. The zero-order valence-corrected chi connectivity index (χ0v) is 8.53. The van der Waals surface area contributed by atoms with Crippen LogP contribution in [0.2, 0.25) is 0 Å². The number of aromatic nitrogens is 1. The molecule has 15 heavy (non-hydrogen) atoms. The van der Waals surface area contributed by atoms with Gasteiger partial charge in [-0.05, 0) is 25.0 Å². The van der Waals surface area contributed by atoms with E-state index in [1.54, 1.807) is 6.07 Å². The molecule has 2 rings (SSSR count). The minimum Gasteiger partial charge on any atom is -0.307 e. The van der Waals surface area contributed by atoms with Gasteiger partial charge in [-0.3, -0.25) is 0 Å². The lowest BCUT2D eigenvalue weighted by atomic mass is 10.0. The summed E-state index contributed by atoms with van der Waals surface area (Å²) in [4.78, 5) is 4.39. The summed E-state index contributed by atoms with van der Waals surface area (Å²) in [6.45, 7) is 0. The van der Waals surface area contributed by atoms with Crippen molar-refractivity contribution in [2.24, 2.45) is 5.84 Å². The van der Waals surface area contributed by atoms with Gasteiger partial charge < -0.3 is 5.43 Å². The largest absolute Gasteiger partial charge is 0.307 e. The molecule has 0 spiro atoms. The van der Waals surface area contributed by atoms with Gasteiger partial charge in [0.2, 0.25) is 0 Å². The molecule has 0 saturated heterocycles. The summed E-state index contributed by atoms with van der Waals surface area (Å²) in [6.07, 6.45) is 4.95. The van der Waals surface area contributed by atoms with Crippen LogP contribution in [0, 0.1) is 11.3 Å². The van der Waals surface area contributed by atoms with E-state index in [0.717, 1.165) is 5.69 Å². The van der Waals surface area contributed by atoms with Crippen LogP contribution in [0.25, 0.3) is 0 Å². The number of hydrazine groups is 1. The molecule has 4 nitrogen and oxygen atoms in total. The fourth-order valence-corrected chi connectivity index (χ4v) is 2.12. The lowest BCUT2D eigenvalue weighted by Gasteiger charge is -2.10. The summed E-state index contributed by atoms with van der Waals surface area (Å²) in [5, 5.41) is 8.82. The number of anilines is 1. The van der Waals surface area contributed by atoms with Gasteiger partial charge in [-0.25, -0.2) is 10.8 Å². The summed E-state index contributed by atoms with van der Waals surface area (Å²) in [5.74, 6) is 6.36. The first-order valence-electron chi connectivity index (χ1n) is 5.23. The second kappa shape index (κ2) is 4.28. The van der Waals surface area contributed by atoms with Gasteiger partial charge in [0.1, 0.15) is 6.07 Å².